The third-order valence-corrected chi connectivity index (χ3v) is 18.3. The Labute approximate surface area is 233 Å². The second-order valence-corrected chi connectivity index (χ2v) is 22.7. The number of guanidine groups is 1. The molecule has 2 aliphatic rings. The van der Waals surface area contributed by atoms with Gasteiger partial charge >= 0.3 is 0 Å². The van der Waals surface area contributed by atoms with Gasteiger partial charge in [0.05, 0.1) is 25.3 Å². The molecule has 5 nitrogen and oxygen atoms in total. The molecule has 0 spiro atoms. The van der Waals surface area contributed by atoms with Gasteiger partial charge in [-0.3, -0.25) is 0 Å². The van der Waals surface area contributed by atoms with Crippen LogP contribution in [0.1, 0.15) is 54.4 Å². The average molecular weight is 552 g/mol. The predicted octanol–water partition coefficient (Wildman–Crippen LogP) is 5.38. The SMILES string of the molecule is CC(C)(C)[Si](C)(C)OC[C@H]1CCN2CC[C@H](CO[Si](c3ccccc3)(c3ccccc3)C(C)(C)C)NC2=N1. The van der Waals surface area contributed by atoms with Crippen LogP contribution in [0.3, 0.4) is 0 Å². The Morgan fingerprint density at radius 1 is 0.789 bits per heavy atom. The molecule has 2 heterocycles. The molecule has 0 aliphatic carbocycles. The summed E-state index contributed by atoms with van der Waals surface area (Å²) in [5, 5.41) is 6.62. The molecular formula is C31H49N3O2Si2. The Morgan fingerprint density at radius 2 is 1.34 bits per heavy atom. The first kappa shape index (κ1) is 29.1. The Balaban J connectivity index is 1.51. The molecule has 1 N–H and O–H groups in total. The van der Waals surface area contributed by atoms with E-state index in [1.807, 2.05) is 0 Å². The molecule has 0 aromatic heterocycles. The topological polar surface area (TPSA) is 46.1 Å². The van der Waals surface area contributed by atoms with E-state index in [9.17, 15) is 0 Å². The van der Waals surface area contributed by atoms with Gasteiger partial charge in [0.15, 0.2) is 14.3 Å². The van der Waals surface area contributed by atoms with Crippen LogP contribution in [0.15, 0.2) is 65.7 Å². The van der Waals surface area contributed by atoms with Gasteiger partial charge < -0.3 is 19.1 Å². The monoisotopic (exact) mass is 551 g/mol. The van der Waals surface area contributed by atoms with Crippen molar-refractivity contribution in [3.63, 3.8) is 0 Å². The zero-order valence-corrected chi connectivity index (χ0v) is 26.9. The summed E-state index contributed by atoms with van der Waals surface area (Å²) in [6.45, 7) is 22.0. The molecule has 1 fully saturated rings. The van der Waals surface area contributed by atoms with Crippen molar-refractivity contribution in [1.82, 2.24) is 10.2 Å². The molecule has 2 atom stereocenters. The van der Waals surface area contributed by atoms with Crippen LogP contribution in [0.4, 0.5) is 0 Å². The van der Waals surface area contributed by atoms with Gasteiger partial charge in [-0.25, -0.2) is 4.99 Å². The standard InChI is InChI=1S/C31H49N3O2Si2/c1-30(2,3)37(7,8)35-23-25-19-21-34-22-20-26(33-29(34)32-25)24-36-38(31(4,5)6,27-15-11-9-12-16-27)28-17-13-10-14-18-28/h9-18,25-26H,19-24H2,1-8H3,(H,32,33)/t25-,26-/m1/s1. The summed E-state index contributed by atoms with van der Waals surface area (Å²) in [4.78, 5) is 7.54. The lowest BCUT2D eigenvalue weighted by molar-refractivity contribution is 0.201. The van der Waals surface area contributed by atoms with E-state index in [4.69, 9.17) is 13.8 Å². The van der Waals surface area contributed by atoms with Gasteiger partial charge in [0.2, 0.25) is 0 Å². The molecule has 208 valence electrons. The first-order valence-corrected chi connectivity index (χ1v) is 19.1. The molecule has 7 heteroatoms. The van der Waals surface area contributed by atoms with E-state index in [0.717, 1.165) is 38.5 Å². The summed E-state index contributed by atoms with van der Waals surface area (Å²) in [6.07, 6.45) is 2.12. The normalized spacial score (nSPS) is 20.9. The van der Waals surface area contributed by atoms with Crippen LogP contribution in [-0.4, -0.2) is 65.9 Å². The highest BCUT2D eigenvalue weighted by Crippen LogP contribution is 2.38. The van der Waals surface area contributed by atoms with Crippen LogP contribution in [0.25, 0.3) is 0 Å². The molecule has 1 saturated heterocycles. The maximum absolute atomic E-state index is 7.23. The molecule has 2 aliphatic heterocycles. The minimum absolute atomic E-state index is 0.0229. The van der Waals surface area contributed by atoms with E-state index in [1.54, 1.807) is 0 Å². The quantitative estimate of drug-likeness (QED) is 0.448. The molecule has 0 amide bonds. The lowest BCUT2D eigenvalue weighted by Crippen LogP contribution is -2.68. The van der Waals surface area contributed by atoms with E-state index >= 15 is 0 Å². The van der Waals surface area contributed by atoms with Gasteiger partial charge in [-0.15, -0.1) is 0 Å². The van der Waals surface area contributed by atoms with Gasteiger partial charge in [0, 0.05) is 13.1 Å². The number of aliphatic imine (C=N–C) groups is 1. The number of nitrogens with zero attached hydrogens (tertiary/aromatic N) is 2. The van der Waals surface area contributed by atoms with Gasteiger partial charge in [0.1, 0.15) is 0 Å². The Kier molecular flexibility index (Phi) is 8.62. The summed E-state index contributed by atoms with van der Waals surface area (Å²) in [5.41, 5.74) is 0. The van der Waals surface area contributed by atoms with Crippen LogP contribution in [0, 0.1) is 0 Å². The maximum atomic E-state index is 7.23. The van der Waals surface area contributed by atoms with E-state index in [2.05, 4.69) is 126 Å². The summed E-state index contributed by atoms with van der Waals surface area (Å²) in [6, 6.07) is 22.3. The summed E-state index contributed by atoms with van der Waals surface area (Å²) in [5.74, 6) is 1.03. The van der Waals surface area contributed by atoms with E-state index in [0.29, 0.717) is 6.61 Å². The molecule has 0 unspecified atom stereocenters. The molecule has 0 saturated carbocycles. The van der Waals surface area contributed by atoms with E-state index in [-0.39, 0.29) is 22.2 Å². The highest BCUT2D eigenvalue weighted by Gasteiger charge is 2.50. The first-order chi connectivity index (χ1) is 17.8. The summed E-state index contributed by atoms with van der Waals surface area (Å²) < 4.78 is 13.8. The number of fused-ring (bicyclic) bond motifs is 1. The van der Waals surface area contributed by atoms with Crippen molar-refractivity contribution in [2.45, 2.75) is 89.6 Å². The van der Waals surface area contributed by atoms with E-state index in [1.165, 1.54) is 10.4 Å². The maximum Gasteiger partial charge on any atom is 0.261 e. The predicted molar refractivity (Wildman–Crippen MR) is 166 cm³/mol. The molecule has 38 heavy (non-hydrogen) atoms. The highest BCUT2D eigenvalue weighted by atomic mass is 28.4. The zero-order valence-electron chi connectivity index (χ0n) is 24.9. The number of nitrogens with one attached hydrogen (secondary N) is 1. The molecular weight excluding hydrogens is 503 g/mol. The van der Waals surface area contributed by atoms with Gasteiger partial charge in [0.25, 0.3) is 8.32 Å². The van der Waals surface area contributed by atoms with Crippen LogP contribution in [-0.2, 0) is 8.85 Å². The van der Waals surface area contributed by atoms with E-state index < -0.39 is 16.6 Å². The lowest BCUT2D eigenvalue weighted by atomic mass is 10.1. The lowest BCUT2D eigenvalue weighted by Gasteiger charge is -2.45. The number of benzene rings is 2. The minimum Gasteiger partial charge on any atom is -0.415 e. The van der Waals surface area contributed by atoms with Crippen molar-refractivity contribution in [3.8, 4) is 0 Å². The van der Waals surface area contributed by atoms with Gasteiger partial charge in [-0.05, 0) is 46.4 Å². The average Bonchev–Trinajstić information content (AvgIpc) is 2.87. The second-order valence-electron chi connectivity index (χ2n) is 13.6. The van der Waals surface area contributed by atoms with Crippen molar-refractivity contribution >= 4 is 33.0 Å². The molecule has 0 radical (unpaired) electrons. The second kappa shape index (κ2) is 11.3. The van der Waals surface area contributed by atoms with Gasteiger partial charge in [-0.2, -0.15) is 0 Å². The fraction of sp³-hybridized carbons (Fsp3) is 0.581. The third-order valence-electron chi connectivity index (χ3n) is 8.78. The number of hydrogen-bond donors (Lipinski definition) is 1. The molecule has 4 rings (SSSR count). The Morgan fingerprint density at radius 3 is 1.87 bits per heavy atom. The smallest absolute Gasteiger partial charge is 0.261 e. The van der Waals surface area contributed by atoms with Crippen molar-refractivity contribution < 1.29 is 8.85 Å². The molecule has 2 aromatic rings. The highest BCUT2D eigenvalue weighted by molar-refractivity contribution is 6.99. The van der Waals surface area contributed by atoms with Crippen molar-refractivity contribution in [2.24, 2.45) is 4.99 Å². The summed E-state index contributed by atoms with van der Waals surface area (Å²) in [7, 11) is -4.33. The zero-order chi connectivity index (χ0) is 27.6. The summed E-state index contributed by atoms with van der Waals surface area (Å²) >= 11 is 0. The number of hydrogen-bond acceptors (Lipinski definition) is 5. The van der Waals surface area contributed by atoms with Crippen LogP contribution in [0.5, 0.6) is 0 Å². The Bertz CT molecular complexity index is 1040. The fourth-order valence-corrected chi connectivity index (χ4v) is 11.0. The van der Waals surface area contributed by atoms with Crippen molar-refractivity contribution in [1.29, 1.82) is 0 Å². The Hall–Kier alpha value is -1.94. The minimum atomic E-state index is -2.55. The van der Waals surface area contributed by atoms with Crippen molar-refractivity contribution in [3.05, 3.63) is 60.7 Å². The van der Waals surface area contributed by atoms with Crippen molar-refractivity contribution in [2.75, 3.05) is 26.3 Å². The largest absolute Gasteiger partial charge is 0.415 e. The molecule has 0 bridgehead atoms. The first-order valence-electron chi connectivity index (χ1n) is 14.3. The number of rotatable bonds is 8. The van der Waals surface area contributed by atoms with Crippen LogP contribution in [0.2, 0.25) is 23.2 Å². The third kappa shape index (κ3) is 6.11. The fourth-order valence-electron chi connectivity index (χ4n) is 5.40. The van der Waals surface area contributed by atoms with Crippen LogP contribution < -0.4 is 15.7 Å². The molecule has 2 aromatic carbocycles. The van der Waals surface area contributed by atoms with Gasteiger partial charge in [-0.1, -0.05) is 102 Å². The van der Waals surface area contributed by atoms with Crippen LogP contribution >= 0.6 is 0 Å².